The van der Waals surface area contributed by atoms with E-state index in [0.29, 0.717) is 28.9 Å². The van der Waals surface area contributed by atoms with Gasteiger partial charge in [-0.1, -0.05) is 72.0 Å². The van der Waals surface area contributed by atoms with E-state index in [9.17, 15) is 9.18 Å². The summed E-state index contributed by atoms with van der Waals surface area (Å²) in [4.78, 5) is 14.4. The minimum Gasteiger partial charge on any atom is -0.489 e. The molecule has 0 saturated carbocycles. The molecule has 158 valence electrons. The lowest BCUT2D eigenvalue weighted by Crippen LogP contribution is -2.31. The molecule has 3 aromatic rings. The summed E-state index contributed by atoms with van der Waals surface area (Å²) < 4.78 is 19.5. The fraction of sp³-hybridized carbons (Fsp3) is 0.167. The number of carbonyl (C=O) groups excluding carboxylic acids is 1. The number of thiocarbonyl (C=S) groups is 1. The van der Waals surface area contributed by atoms with Crippen molar-refractivity contribution in [2.45, 2.75) is 24.8 Å². The van der Waals surface area contributed by atoms with Gasteiger partial charge in [-0.3, -0.25) is 9.69 Å². The van der Waals surface area contributed by atoms with E-state index in [1.165, 1.54) is 23.9 Å². The van der Waals surface area contributed by atoms with E-state index in [1.807, 2.05) is 48.5 Å². The molecule has 4 rings (SSSR count). The number of hydrogen-bond acceptors (Lipinski definition) is 4. The number of thioether (sulfide) groups is 1. The molecule has 1 amide bonds. The molecule has 31 heavy (non-hydrogen) atoms. The molecule has 7 heteroatoms. The number of amides is 1. The second-order valence-electron chi connectivity index (χ2n) is 7.19. The monoisotopic (exact) mass is 471 g/mol. The van der Waals surface area contributed by atoms with Crippen LogP contribution in [0.4, 0.5) is 4.39 Å². The van der Waals surface area contributed by atoms with Crippen molar-refractivity contribution in [2.75, 3.05) is 0 Å². The van der Waals surface area contributed by atoms with Gasteiger partial charge >= 0.3 is 0 Å². The molecule has 0 aromatic heterocycles. The third-order valence-corrected chi connectivity index (χ3v) is 6.76. The number of carbonyl (C=O) groups is 1. The molecule has 3 aromatic carbocycles. The van der Waals surface area contributed by atoms with Crippen molar-refractivity contribution in [3.8, 4) is 5.75 Å². The van der Waals surface area contributed by atoms with Crippen LogP contribution in [-0.4, -0.2) is 20.4 Å². The Morgan fingerprint density at radius 3 is 2.23 bits per heavy atom. The highest BCUT2D eigenvalue weighted by molar-refractivity contribution is 8.24. The fourth-order valence-electron chi connectivity index (χ4n) is 3.23. The van der Waals surface area contributed by atoms with Crippen LogP contribution in [0, 0.1) is 5.82 Å². The van der Waals surface area contributed by atoms with Crippen molar-refractivity contribution in [2.24, 2.45) is 0 Å². The van der Waals surface area contributed by atoms with Crippen LogP contribution in [0.5, 0.6) is 5.75 Å². The topological polar surface area (TPSA) is 29.5 Å². The Hall–Kier alpha value is -2.41. The van der Waals surface area contributed by atoms with Crippen molar-refractivity contribution < 1.29 is 13.9 Å². The Labute approximate surface area is 195 Å². The molecule has 1 atom stereocenters. The molecule has 0 aliphatic carbocycles. The maximum atomic E-state index is 13.1. The van der Waals surface area contributed by atoms with Gasteiger partial charge in [0.05, 0.1) is 11.8 Å². The van der Waals surface area contributed by atoms with E-state index >= 15 is 0 Å². The van der Waals surface area contributed by atoms with Gasteiger partial charge in [0.25, 0.3) is 0 Å². The standard InChI is InChI=1S/C24H19ClFNO2S2/c25-19-7-1-18(2-8-19)15-29-21-11-5-16(6-12-21)13-22-23(28)27(24(30)31-22)14-17-3-9-20(26)10-4-17/h1-12,22H,13-15H2/t22-/m0/s1. The molecule has 1 saturated heterocycles. The summed E-state index contributed by atoms with van der Waals surface area (Å²) in [5, 5.41) is 0.442. The van der Waals surface area contributed by atoms with Gasteiger partial charge in [-0.25, -0.2) is 4.39 Å². The SMILES string of the molecule is O=C1[C@H](Cc2ccc(OCc3ccc(Cl)cc3)cc2)SC(=S)N1Cc1ccc(F)cc1. The number of hydrogen-bond donors (Lipinski definition) is 0. The molecular weight excluding hydrogens is 453 g/mol. The van der Waals surface area contributed by atoms with Gasteiger partial charge in [-0.2, -0.15) is 0 Å². The minimum atomic E-state index is -0.299. The first kappa shape index (κ1) is 21.8. The van der Waals surface area contributed by atoms with Crippen molar-refractivity contribution in [1.82, 2.24) is 4.90 Å². The number of nitrogens with zero attached hydrogens (tertiary/aromatic N) is 1. The largest absolute Gasteiger partial charge is 0.489 e. The zero-order valence-corrected chi connectivity index (χ0v) is 18.9. The Morgan fingerprint density at radius 2 is 1.55 bits per heavy atom. The van der Waals surface area contributed by atoms with Gasteiger partial charge < -0.3 is 4.74 Å². The predicted octanol–water partition coefficient (Wildman–Crippen LogP) is 6.03. The lowest BCUT2D eigenvalue weighted by atomic mass is 10.1. The summed E-state index contributed by atoms with van der Waals surface area (Å²) in [5.41, 5.74) is 2.92. The molecule has 1 aliphatic heterocycles. The molecule has 0 spiro atoms. The van der Waals surface area contributed by atoms with E-state index in [4.69, 9.17) is 28.6 Å². The van der Waals surface area contributed by atoms with Gasteiger partial charge in [0.1, 0.15) is 22.5 Å². The second kappa shape index (κ2) is 9.81. The van der Waals surface area contributed by atoms with Gasteiger partial charge in [0.15, 0.2) is 0 Å². The zero-order chi connectivity index (χ0) is 21.8. The average Bonchev–Trinajstić information content (AvgIpc) is 3.03. The van der Waals surface area contributed by atoms with Crippen LogP contribution in [0.2, 0.25) is 5.02 Å². The van der Waals surface area contributed by atoms with Gasteiger partial charge in [-0.05, 0) is 59.5 Å². The molecule has 1 aliphatic rings. The number of rotatable bonds is 7. The Kier molecular flexibility index (Phi) is 6.90. The highest BCUT2D eigenvalue weighted by Crippen LogP contribution is 2.31. The molecule has 0 radical (unpaired) electrons. The molecule has 1 heterocycles. The maximum Gasteiger partial charge on any atom is 0.242 e. The molecule has 0 bridgehead atoms. The van der Waals surface area contributed by atoms with Crippen LogP contribution in [0.25, 0.3) is 0 Å². The predicted molar refractivity (Wildman–Crippen MR) is 127 cm³/mol. The number of ether oxygens (including phenoxy) is 1. The Bertz CT molecular complexity index is 1070. The van der Waals surface area contributed by atoms with Crippen LogP contribution in [-0.2, 0) is 24.4 Å². The van der Waals surface area contributed by atoms with Crippen LogP contribution in [0.1, 0.15) is 16.7 Å². The Balaban J connectivity index is 1.33. The zero-order valence-electron chi connectivity index (χ0n) is 16.5. The second-order valence-corrected chi connectivity index (χ2v) is 9.46. The van der Waals surface area contributed by atoms with Crippen LogP contribution in [0.3, 0.4) is 0 Å². The summed E-state index contributed by atoms with van der Waals surface area (Å²) in [6.45, 7) is 0.818. The van der Waals surface area contributed by atoms with E-state index in [2.05, 4.69) is 0 Å². The number of benzene rings is 3. The quantitative estimate of drug-likeness (QED) is 0.393. The van der Waals surface area contributed by atoms with Crippen molar-refractivity contribution in [3.05, 3.63) is 100 Å². The first-order chi connectivity index (χ1) is 15.0. The summed E-state index contributed by atoms with van der Waals surface area (Å²) in [5.74, 6) is 0.451. The van der Waals surface area contributed by atoms with Crippen molar-refractivity contribution in [1.29, 1.82) is 0 Å². The summed E-state index contributed by atoms with van der Waals surface area (Å²) in [6.07, 6.45) is 0.584. The first-order valence-corrected chi connectivity index (χ1v) is 11.4. The van der Waals surface area contributed by atoms with Crippen LogP contribution in [0.15, 0.2) is 72.8 Å². The normalized spacial score (nSPS) is 16.1. The van der Waals surface area contributed by atoms with E-state index in [-0.39, 0.29) is 17.0 Å². The number of halogens is 2. The summed E-state index contributed by atoms with van der Waals surface area (Å²) in [7, 11) is 0. The lowest BCUT2D eigenvalue weighted by Gasteiger charge is -2.15. The molecule has 0 N–H and O–H groups in total. The van der Waals surface area contributed by atoms with Gasteiger partial charge in [0.2, 0.25) is 5.91 Å². The van der Waals surface area contributed by atoms with Crippen molar-refractivity contribution >= 4 is 45.8 Å². The van der Waals surface area contributed by atoms with Gasteiger partial charge in [-0.15, -0.1) is 0 Å². The fourth-order valence-corrected chi connectivity index (χ4v) is 4.88. The lowest BCUT2D eigenvalue weighted by molar-refractivity contribution is -0.126. The molecule has 0 unspecified atom stereocenters. The van der Waals surface area contributed by atoms with Crippen LogP contribution >= 0.6 is 35.6 Å². The molecular formula is C24H19ClFNO2S2. The smallest absolute Gasteiger partial charge is 0.242 e. The highest BCUT2D eigenvalue weighted by Gasteiger charge is 2.36. The van der Waals surface area contributed by atoms with Crippen molar-refractivity contribution in [3.63, 3.8) is 0 Å². The third kappa shape index (κ3) is 5.64. The first-order valence-electron chi connectivity index (χ1n) is 9.70. The van der Waals surface area contributed by atoms with E-state index in [0.717, 1.165) is 22.4 Å². The van der Waals surface area contributed by atoms with E-state index in [1.54, 1.807) is 17.0 Å². The minimum absolute atomic E-state index is 0.0117. The summed E-state index contributed by atoms with van der Waals surface area (Å²) in [6, 6.07) is 21.4. The third-order valence-electron chi connectivity index (χ3n) is 4.92. The maximum absolute atomic E-state index is 13.1. The van der Waals surface area contributed by atoms with E-state index < -0.39 is 0 Å². The molecule has 1 fully saturated rings. The van der Waals surface area contributed by atoms with Crippen LogP contribution < -0.4 is 4.74 Å². The summed E-state index contributed by atoms with van der Waals surface area (Å²) >= 11 is 12.7. The van der Waals surface area contributed by atoms with Gasteiger partial charge in [0, 0.05) is 5.02 Å². The Morgan fingerprint density at radius 1 is 0.935 bits per heavy atom. The highest BCUT2D eigenvalue weighted by atomic mass is 35.5. The average molecular weight is 472 g/mol. The molecule has 3 nitrogen and oxygen atoms in total.